The Morgan fingerprint density at radius 2 is 1.86 bits per heavy atom. The lowest BCUT2D eigenvalue weighted by molar-refractivity contribution is -0.118. The van der Waals surface area contributed by atoms with Crippen molar-refractivity contribution >= 4 is 27.3 Å². The van der Waals surface area contributed by atoms with E-state index in [0.717, 1.165) is 13.1 Å². The van der Waals surface area contributed by atoms with Crippen LogP contribution >= 0.6 is 0 Å². The minimum absolute atomic E-state index is 0.149. The van der Waals surface area contributed by atoms with E-state index in [-0.39, 0.29) is 16.7 Å². The predicted octanol–water partition coefficient (Wildman–Crippen LogP) is 1.74. The smallest absolute Gasteiger partial charge is 0.242 e. The Morgan fingerprint density at radius 1 is 1.21 bits per heavy atom. The van der Waals surface area contributed by atoms with Gasteiger partial charge in [0.05, 0.1) is 18.9 Å². The predicted molar refractivity (Wildman–Crippen MR) is 116 cm³/mol. The molecule has 1 aliphatic heterocycles. The number of morpholine rings is 1. The number of carbonyl (C=O) groups is 1. The van der Waals surface area contributed by atoms with Gasteiger partial charge in [0.1, 0.15) is 4.90 Å². The maximum absolute atomic E-state index is 13.1. The first-order chi connectivity index (χ1) is 13.8. The van der Waals surface area contributed by atoms with Crippen molar-refractivity contribution in [2.45, 2.75) is 32.6 Å². The quantitative estimate of drug-likeness (QED) is 0.592. The molecule has 1 fully saturated rings. The van der Waals surface area contributed by atoms with Gasteiger partial charge < -0.3 is 15.0 Å². The molecule has 1 aliphatic rings. The molecule has 1 amide bonds. The van der Waals surface area contributed by atoms with E-state index in [2.05, 4.69) is 14.9 Å². The molecule has 0 aliphatic carbocycles. The van der Waals surface area contributed by atoms with Gasteiger partial charge in [-0.1, -0.05) is 13.8 Å². The molecule has 0 atom stereocenters. The topological polar surface area (TPSA) is 91.0 Å². The van der Waals surface area contributed by atoms with E-state index in [1.54, 1.807) is 32.0 Å². The van der Waals surface area contributed by atoms with Gasteiger partial charge >= 0.3 is 0 Å². The highest BCUT2D eigenvalue weighted by Gasteiger charge is 2.23. The lowest BCUT2D eigenvalue weighted by Gasteiger charge is -2.27. The molecule has 1 saturated heterocycles. The van der Waals surface area contributed by atoms with Crippen LogP contribution in [0, 0.1) is 5.92 Å². The molecular weight excluding hydrogens is 392 g/mol. The molecule has 0 bridgehead atoms. The van der Waals surface area contributed by atoms with Crippen LogP contribution in [0.15, 0.2) is 23.1 Å². The number of anilines is 2. The SMILES string of the molecule is CCN(CC)c1ccc(NC(=O)C(C)C)cc1S(=O)(=O)NCCN1CCOCC1. The Morgan fingerprint density at radius 3 is 2.45 bits per heavy atom. The third-order valence-corrected chi connectivity index (χ3v) is 6.46. The van der Waals surface area contributed by atoms with Gasteiger partial charge in [-0.05, 0) is 32.0 Å². The first kappa shape index (κ1) is 23.6. The second-order valence-corrected chi connectivity index (χ2v) is 9.09. The monoisotopic (exact) mass is 426 g/mol. The van der Waals surface area contributed by atoms with E-state index in [9.17, 15) is 13.2 Å². The number of benzene rings is 1. The van der Waals surface area contributed by atoms with Crippen molar-refractivity contribution in [1.82, 2.24) is 9.62 Å². The molecule has 164 valence electrons. The molecule has 0 spiro atoms. The first-order valence-electron chi connectivity index (χ1n) is 10.3. The van der Waals surface area contributed by atoms with Gasteiger partial charge in [-0.3, -0.25) is 9.69 Å². The number of rotatable bonds is 10. The summed E-state index contributed by atoms with van der Waals surface area (Å²) in [5, 5.41) is 2.79. The van der Waals surface area contributed by atoms with Crippen LogP contribution in [0.3, 0.4) is 0 Å². The van der Waals surface area contributed by atoms with E-state index >= 15 is 0 Å². The molecule has 1 aromatic carbocycles. The number of hydrogen-bond donors (Lipinski definition) is 2. The molecule has 0 unspecified atom stereocenters. The molecule has 8 nitrogen and oxygen atoms in total. The van der Waals surface area contributed by atoms with Crippen LogP contribution < -0.4 is 14.9 Å². The van der Waals surface area contributed by atoms with Crippen LogP contribution in [-0.2, 0) is 19.6 Å². The number of sulfonamides is 1. The van der Waals surface area contributed by atoms with Crippen LogP contribution in [0.1, 0.15) is 27.7 Å². The third kappa shape index (κ3) is 6.67. The molecule has 0 radical (unpaired) electrons. The highest BCUT2D eigenvalue weighted by Crippen LogP contribution is 2.28. The summed E-state index contributed by atoms with van der Waals surface area (Å²) in [4.78, 5) is 16.4. The van der Waals surface area contributed by atoms with Gasteiger partial charge in [0.2, 0.25) is 15.9 Å². The number of nitrogens with zero attached hydrogens (tertiary/aromatic N) is 2. The normalized spacial score (nSPS) is 15.5. The summed E-state index contributed by atoms with van der Waals surface area (Å²) in [6.45, 7) is 12.9. The number of amides is 1. The minimum atomic E-state index is -3.74. The van der Waals surface area contributed by atoms with Crippen molar-refractivity contribution in [3.8, 4) is 0 Å². The van der Waals surface area contributed by atoms with Crippen molar-refractivity contribution in [1.29, 1.82) is 0 Å². The number of nitrogens with one attached hydrogen (secondary N) is 2. The summed E-state index contributed by atoms with van der Waals surface area (Å²) < 4.78 is 34.3. The number of hydrogen-bond acceptors (Lipinski definition) is 6. The fourth-order valence-electron chi connectivity index (χ4n) is 3.16. The second kappa shape index (κ2) is 10.9. The van der Waals surface area contributed by atoms with Crippen LogP contribution in [-0.4, -0.2) is 71.7 Å². The third-order valence-electron chi connectivity index (χ3n) is 4.97. The Labute approximate surface area is 174 Å². The standard InChI is InChI=1S/C20H34N4O4S/c1-5-24(6-2)18-8-7-17(22-20(25)16(3)4)15-19(18)29(26,27)21-9-10-23-11-13-28-14-12-23/h7-8,15-16,21H,5-6,9-14H2,1-4H3,(H,22,25). The summed E-state index contributed by atoms with van der Waals surface area (Å²) in [6, 6.07) is 5.06. The Bertz CT molecular complexity index is 773. The molecular formula is C20H34N4O4S. The fraction of sp³-hybridized carbons (Fsp3) is 0.650. The summed E-state index contributed by atoms with van der Waals surface area (Å²) >= 11 is 0. The molecule has 2 rings (SSSR count). The van der Waals surface area contributed by atoms with Gasteiger partial charge in [0.15, 0.2) is 0 Å². The molecule has 29 heavy (non-hydrogen) atoms. The minimum Gasteiger partial charge on any atom is -0.379 e. The van der Waals surface area contributed by atoms with Gasteiger partial charge in [-0.25, -0.2) is 13.1 Å². The lowest BCUT2D eigenvalue weighted by atomic mass is 10.2. The molecule has 9 heteroatoms. The highest BCUT2D eigenvalue weighted by molar-refractivity contribution is 7.89. The molecule has 0 saturated carbocycles. The van der Waals surface area contributed by atoms with E-state index < -0.39 is 10.0 Å². The highest BCUT2D eigenvalue weighted by atomic mass is 32.2. The maximum atomic E-state index is 13.1. The van der Waals surface area contributed by atoms with Gasteiger partial charge in [-0.2, -0.15) is 0 Å². The van der Waals surface area contributed by atoms with Gasteiger partial charge in [0.25, 0.3) is 0 Å². The van der Waals surface area contributed by atoms with Crippen molar-refractivity contribution in [3.05, 3.63) is 18.2 Å². The van der Waals surface area contributed by atoms with Crippen molar-refractivity contribution in [3.63, 3.8) is 0 Å². The largest absolute Gasteiger partial charge is 0.379 e. The zero-order valence-corrected chi connectivity index (χ0v) is 18.7. The Balaban J connectivity index is 2.23. The van der Waals surface area contributed by atoms with E-state index in [4.69, 9.17) is 4.74 Å². The van der Waals surface area contributed by atoms with Crippen LogP contribution in [0.25, 0.3) is 0 Å². The summed E-state index contributed by atoms with van der Waals surface area (Å²) in [6.07, 6.45) is 0. The number of carbonyl (C=O) groups excluding carboxylic acids is 1. The zero-order chi connectivity index (χ0) is 21.4. The van der Waals surface area contributed by atoms with E-state index in [1.807, 2.05) is 18.7 Å². The summed E-state index contributed by atoms with van der Waals surface area (Å²) in [5.74, 6) is -0.339. The van der Waals surface area contributed by atoms with E-state index in [1.165, 1.54) is 0 Å². The average molecular weight is 427 g/mol. The maximum Gasteiger partial charge on any atom is 0.242 e. The summed E-state index contributed by atoms with van der Waals surface area (Å²) in [7, 11) is -3.74. The molecule has 1 aromatic rings. The van der Waals surface area contributed by atoms with Crippen LogP contribution in [0.2, 0.25) is 0 Å². The van der Waals surface area contributed by atoms with Gasteiger partial charge in [-0.15, -0.1) is 0 Å². The summed E-state index contributed by atoms with van der Waals surface area (Å²) in [5.41, 5.74) is 1.12. The first-order valence-corrected chi connectivity index (χ1v) is 11.8. The van der Waals surface area contributed by atoms with E-state index in [0.29, 0.717) is 50.8 Å². The fourth-order valence-corrected chi connectivity index (χ4v) is 4.43. The van der Waals surface area contributed by atoms with Crippen molar-refractivity contribution in [2.24, 2.45) is 5.92 Å². The molecule has 1 heterocycles. The average Bonchev–Trinajstić information content (AvgIpc) is 2.70. The second-order valence-electron chi connectivity index (χ2n) is 7.35. The van der Waals surface area contributed by atoms with Crippen LogP contribution in [0.4, 0.5) is 11.4 Å². The number of ether oxygens (including phenoxy) is 1. The molecule has 2 N–H and O–H groups in total. The Hall–Kier alpha value is -1.68. The lowest BCUT2D eigenvalue weighted by Crippen LogP contribution is -2.41. The van der Waals surface area contributed by atoms with Crippen molar-refractivity contribution in [2.75, 3.05) is 62.7 Å². The van der Waals surface area contributed by atoms with Gasteiger partial charge in [0, 0.05) is 50.9 Å². The Kier molecular flexibility index (Phi) is 8.88. The van der Waals surface area contributed by atoms with Crippen molar-refractivity contribution < 1.29 is 17.9 Å². The zero-order valence-electron chi connectivity index (χ0n) is 17.9. The molecule has 0 aromatic heterocycles. The van der Waals surface area contributed by atoms with Crippen LogP contribution in [0.5, 0.6) is 0 Å².